The van der Waals surface area contributed by atoms with Gasteiger partial charge in [0.1, 0.15) is 114 Å². The fraction of sp³-hybridized carbons (Fsp3) is 0.442. The average molecular weight is 1840 g/mol. The first-order valence-corrected chi connectivity index (χ1v) is 42.3. The molecule has 14 rings (SSSR count). The van der Waals surface area contributed by atoms with E-state index in [0.717, 1.165) is 69.5 Å². The summed E-state index contributed by atoms with van der Waals surface area (Å²) in [4.78, 5) is 120. The minimum Gasteiger partial charge on any atom is -0.508 e. The van der Waals surface area contributed by atoms with Crippen molar-refractivity contribution in [3.05, 3.63) is 158 Å². The summed E-state index contributed by atoms with van der Waals surface area (Å²) >= 11 is 16.0. The molecule has 6 aromatic carbocycles. The van der Waals surface area contributed by atoms with Crippen molar-refractivity contribution in [2.24, 2.45) is 17.4 Å². The SMILES string of the molecule is CN[C@H](CC(C)C)C(=O)NC1C(=O)NC(CC(N)=O)C(=O)N[C@H]2C(=O)NC(C)c3ccc(O)c(c3)-c3c(O)cc(O)cc3C(C(=O)O)NC(=O)[C@@H](NC=O)[C@H](OC3C[C@](C)(N)[C@@H](O)[C@H](C)O3)c3ccc(c(Cl)c3)Oc3cc2cc(c3O[C@@H]2O[C@H](CO)[C@@H](O[C@@H]3O[C@H](CNCc4ccc(-c5ccc(N(C)C)cc5)s4)[C@H](O)[C@H](O)[C@H]3O)[C@H](O)[C@H]2O)Oc2ccc(cc2Cl)[C@H]1O. The fourth-order valence-corrected chi connectivity index (χ4v) is 17.1. The lowest BCUT2D eigenvalue weighted by Crippen LogP contribution is -2.65. The molecule has 5 unspecified atom stereocenters. The number of nitrogens with zero attached hydrogens (tertiary/aromatic N) is 1. The number of nitrogens with one attached hydrogen (secondary N) is 8. The van der Waals surface area contributed by atoms with Crippen molar-refractivity contribution in [1.82, 2.24) is 42.5 Å². The van der Waals surface area contributed by atoms with Crippen molar-refractivity contribution >= 4 is 88.0 Å². The number of carbonyl (C=O) groups excluding carboxylic acids is 7. The normalized spacial score (nSPS) is 29.0. The van der Waals surface area contributed by atoms with Crippen molar-refractivity contribution in [1.29, 1.82) is 0 Å². The molecule has 24 N–H and O–H groups in total. The molecule has 128 heavy (non-hydrogen) atoms. The number of primary amides is 1. The van der Waals surface area contributed by atoms with Gasteiger partial charge in [0.15, 0.2) is 30.1 Å². The van der Waals surface area contributed by atoms with Crippen LogP contribution in [0.1, 0.15) is 117 Å². The second-order valence-electron chi connectivity index (χ2n) is 32.7. The summed E-state index contributed by atoms with van der Waals surface area (Å²) in [7, 11) is 5.34. The van der Waals surface area contributed by atoms with Crippen LogP contribution in [0.4, 0.5) is 5.69 Å². The predicted octanol–water partition coefficient (Wildman–Crippen LogP) is 2.16. The Bertz CT molecular complexity index is 5230. The number of benzene rings is 6. The number of hydrogen-bond acceptors (Lipinski definition) is 32. The van der Waals surface area contributed by atoms with Gasteiger partial charge in [-0.3, -0.25) is 33.6 Å². The molecule has 7 aromatic rings. The van der Waals surface area contributed by atoms with Crippen LogP contribution in [0, 0.1) is 5.92 Å². The summed E-state index contributed by atoms with van der Waals surface area (Å²) < 4.78 is 51.2. The number of anilines is 1. The van der Waals surface area contributed by atoms with Crippen molar-refractivity contribution in [2.45, 2.75) is 200 Å². The number of fused-ring (bicyclic) bond motifs is 16. The number of amides is 7. The number of phenolic OH excluding ortho intramolecular Hbond substituents is 3. The Balaban J connectivity index is 1.01. The third-order valence-corrected chi connectivity index (χ3v) is 24.3. The summed E-state index contributed by atoms with van der Waals surface area (Å²) in [5, 5.41) is 160. The summed E-state index contributed by atoms with van der Waals surface area (Å²) in [5.74, 6) is -14.5. The van der Waals surface area contributed by atoms with E-state index >= 15 is 14.4 Å². The lowest BCUT2D eigenvalue weighted by atomic mass is 9.86. The van der Waals surface area contributed by atoms with Gasteiger partial charge in [0.25, 0.3) is 0 Å². The van der Waals surface area contributed by atoms with Gasteiger partial charge in [-0.25, -0.2) is 4.79 Å². The third-order valence-electron chi connectivity index (χ3n) is 22.6. The minimum absolute atomic E-state index is 0.00452. The molecular formula is C86H103Cl2N11O28S. The number of nitrogens with two attached hydrogens (primary N) is 2. The Morgan fingerprint density at radius 3 is 1.95 bits per heavy atom. The van der Waals surface area contributed by atoms with Gasteiger partial charge in [-0.2, -0.15) is 0 Å². The number of ether oxygens (including phenoxy) is 8. The van der Waals surface area contributed by atoms with E-state index in [-0.39, 0.29) is 60.7 Å². The molecule has 3 saturated heterocycles. The van der Waals surface area contributed by atoms with E-state index < -0.39 is 267 Å². The molecule has 690 valence electrons. The van der Waals surface area contributed by atoms with Gasteiger partial charge >= 0.3 is 5.97 Å². The molecule has 7 aliphatic heterocycles. The van der Waals surface area contributed by atoms with Crippen LogP contribution in [-0.2, 0) is 68.6 Å². The maximum atomic E-state index is 16.0. The van der Waals surface area contributed by atoms with Gasteiger partial charge < -0.3 is 158 Å². The number of carbonyl (C=O) groups is 8. The number of hydrogen-bond donors (Lipinski definition) is 22. The first-order valence-electron chi connectivity index (χ1n) is 40.7. The third kappa shape index (κ3) is 21.7. The van der Waals surface area contributed by atoms with Gasteiger partial charge in [-0.1, -0.05) is 67.4 Å². The molecule has 0 spiro atoms. The van der Waals surface area contributed by atoms with Gasteiger partial charge in [-0.15, -0.1) is 11.3 Å². The van der Waals surface area contributed by atoms with Crippen molar-refractivity contribution in [3.63, 3.8) is 0 Å². The zero-order valence-electron chi connectivity index (χ0n) is 70.2. The molecule has 8 heterocycles. The number of thiophene rings is 1. The van der Waals surface area contributed by atoms with Crippen molar-refractivity contribution < 1.29 is 138 Å². The van der Waals surface area contributed by atoms with Gasteiger partial charge in [0.2, 0.25) is 53.9 Å². The molecule has 1 aromatic heterocycles. The molecule has 9 bridgehead atoms. The lowest BCUT2D eigenvalue weighted by molar-refractivity contribution is -0.350. The number of aliphatic carboxylic acids is 1. The van der Waals surface area contributed by atoms with Crippen LogP contribution in [0.2, 0.25) is 10.0 Å². The Labute approximate surface area is 746 Å². The highest BCUT2D eigenvalue weighted by molar-refractivity contribution is 7.15. The van der Waals surface area contributed by atoms with E-state index in [2.05, 4.69) is 42.5 Å². The smallest absolute Gasteiger partial charge is 0.330 e. The molecular weight excluding hydrogens is 1740 g/mol. The summed E-state index contributed by atoms with van der Waals surface area (Å²) in [6, 6.07) is 12.9. The number of likely N-dealkylation sites (N-methyl/N-ethyl adjacent to an activating group) is 1. The maximum Gasteiger partial charge on any atom is 0.330 e. The Hall–Kier alpha value is -10.7. The molecule has 3 fully saturated rings. The molecule has 23 atom stereocenters. The van der Waals surface area contributed by atoms with Crippen LogP contribution in [0.5, 0.6) is 46.0 Å². The highest BCUT2D eigenvalue weighted by Crippen LogP contribution is 2.50. The highest BCUT2D eigenvalue weighted by Gasteiger charge is 2.53. The molecule has 0 aliphatic carbocycles. The maximum absolute atomic E-state index is 16.0. The van der Waals surface area contributed by atoms with Crippen LogP contribution in [0.3, 0.4) is 0 Å². The average Bonchev–Trinajstić information content (AvgIpc) is 0.824. The molecule has 0 radical (unpaired) electrons. The van der Waals surface area contributed by atoms with Gasteiger partial charge in [-0.05, 0) is 147 Å². The summed E-state index contributed by atoms with van der Waals surface area (Å²) in [5.41, 5.74) is 10.6. The Morgan fingerprint density at radius 2 is 1.34 bits per heavy atom. The Kier molecular flexibility index (Phi) is 30.9. The highest BCUT2D eigenvalue weighted by atomic mass is 35.5. The van der Waals surface area contributed by atoms with E-state index in [1.165, 1.54) is 69.5 Å². The number of carboxylic acids is 1. The number of phenols is 3. The minimum atomic E-state index is -2.36. The number of carboxylic acid groups (broad SMARTS) is 1. The van der Waals surface area contributed by atoms with Crippen molar-refractivity contribution in [3.8, 4) is 67.6 Å². The van der Waals surface area contributed by atoms with Crippen molar-refractivity contribution in [2.75, 3.05) is 39.2 Å². The van der Waals surface area contributed by atoms with Crippen LogP contribution >= 0.6 is 34.5 Å². The van der Waals surface area contributed by atoms with Crippen LogP contribution in [0.15, 0.2) is 115 Å². The number of halogens is 2. The topological polar surface area (TPSA) is 605 Å². The molecule has 42 heteroatoms. The first-order chi connectivity index (χ1) is 60.6. The second kappa shape index (κ2) is 41.0. The number of aliphatic hydroxyl groups is 8. The first kappa shape index (κ1) is 96.4. The van der Waals surface area contributed by atoms with E-state index in [0.29, 0.717) is 0 Å². The van der Waals surface area contributed by atoms with Crippen LogP contribution in [-0.4, -0.2) is 253 Å². The predicted molar refractivity (Wildman–Crippen MR) is 457 cm³/mol. The van der Waals surface area contributed by atoms with E-state index in [9.17, 15) is 85.3 Å². The zero-order chi connectivity index (χ0) is 92.9. The molecule has 39 nitrogen and oxygen atoms in total. The zero-order valence-corrected chi connectivity index (χ0v) is 72.6. The molecule has 7 amide bonds. The number of aliphatic hydroxyl groups excluding tert-OH is 8. The van der Waals surface area contributed by atoms with E-state index in [1.54, 1.807) is 0 Å². The number of rotatable bonds is 23. The van der Waals surface area contributed by atoms with E-state index in [1.807, 2.05) is 69.2 Å². The monoisotopic (exact) mass is 1840 g/mol. The fourth-order valence-electron chi connectivity index (χ4n) is 15.7. The molecule has 7 aliphatic rings. The largest absolute Gasteiger partial charge is 0.508 e. The van der Waals surface area contributed by atoms with Gasteiger partial charge in [0.05, 0.1) is 47.4 Å². The number of aromatic hydroxyl groups is 3. The van der Waals surface area contributed by atoms with Crippen LogP contribution in [0.25, 0.3) is 21.6 Å². The lowest BCUT2D eigenvalue weighted by Gasteiger charge is -2.46. The second-order valence-corrected chi connectivity index (χ2v) is 34.7. The van der Waals surface area contributed by atoms with Gasteiger partial charge in [0, 0.05) is 77.3 Å². The summed E-state index contributed by atoms with van der Waals surface area (Å²) in [6.07, 6.45) is -28.5. The standard InChI is InChI=1S/C86H103Cl2N11O28S/c1-35(2)21-50(91-6)78(113)98-66-68(106)40-12-18-54(48(87)23-40)121-56-25-42-26-57(75(56)126-85-73(111)71(109)76(59(33-100)124-85)127-84-72(110)70(108)69(107)58(123-84)32-92-31-45-16-20-60(128-45)38-9-14-43(15-10-38)99(7)8)122-55-19-13-41(24-49(55)88)74(125-62-30-86(5,90)77(112)37(4)120-62)67(93-34-101)82(117)97-65(83(118)119)47-27-44(102)28-53(104)63(47)46-22-39(11-17-52(46)103)36(3)94-80(115)64(42)96-79(114)51(29-61(89)105)95-81(66)116/h9-20,22-28,34-37,50-51,58-59,62,64-74,76-77,84-85,91-92,100,102-104,106-112H,21,29-33,90H2,1-8H3,(H2,89,105)(H,93,101)(H,94,115)(H,95,116)(H,96,114)(H,97,117)(H,98,113)(H,118,119)/t36?,37-,50+,51?,58+,59+,62?,64+,65?,66?,67-,68+,69-,70-,71+,72+,73+,74+,76+,77-,84-,85-,86-/m0/s1. The summed E-state index contributed by atoms with van der Waals surface area (Å²) in [6.45, 7) is 6.96. The van der Waals surface area contributed by atoms with E-state index in [4.69, 9.17) is 72.6 Å². The quantitative estimate of drug-likeness (QED) is 0.0408. The Morgan fingerprint density at radius 1 is 0.695 bits per heavy atom. The van der Waals surface area contributed by atoms with Crippen LogP contribution < -0.4 is 73.1 Å². The molecule has 0 saturated carbocycles.